The molecule has 4 nitrogen and oxygen atoms in total. The van der Waals surface area contributed by atoms with E-state index >= 15 is 0 Å². The number of aliphatic carboxylic acids is 1. The van der Waals surface area contributed by atoms with Crippen molar-refractivity contribution in [2.24, 2.45) is 11.8 Å². The van der Waals surface area contributed by atoms with Gasteiger partial charge in [0.05, 0.1) is 6.61 Å². The highest BCUT2D eigenvalue weighted by Gasteiger charge is 2.34. The van der Waals surface area contributed by atoms with Crippen LogP contribution in [-0.4, -0.2) is 36.9 Å². The van der Waals surface area contributed by atoms with E-state index < -0.39 is 12.0 Å². The second-order valence-corrected chi connectivity index (χ2v) is 4.63. The number of carbonyl (C=O) groups is 1. The predicted molar refractivity (Wildman–Crippen MR) is 57.8 cm³/mol. The van der Waals surface area contributed by atoms with E-state index in [2.05, 4.69) is 5.32 Å². The SMILES string of the molecule is COCC(NC(C(=O)O)C(C)C)C1CC1. The molecule has 4 heteroatoms. The maximum Gasteiger partial charge on any atom is 0.320 e. The number of hydrogen-bond donors (Lipinski definition) is 2. The second-order valence-electron chi connectivity index (χ2n) is 4.63. The van der Waals surface area contributed by atoms with E-state index in [1.54, 1.807) is 7.11 Å². The van der Waals surface area contributed by atoms with Crippen molar-refractivity contribution in [3.63, 3.8) is 0 Å². The zero-order valence-electron chi connectivity index (χ0n) is 9.69. The van der Waals surface area contributed by atoms with Gasteiger partial charge in [-0.25, -0.2) is 0 Å². The molecule has 0 spiro atoms. The van der Waals surface area contributed by atoms with Gasteiger partial charge in [0, 0.05) is 13.2 Å². The second kappa shape index (κ2) is 5.47. The average Bonchev–Trinajstić information content (AvgIpc) is 2.93. The molecule has 1 fully saturated rings. The Bertz CT molecular complexity index is 214. The zero-order chi connectivity index (χ0) is 11.4. The van der Waals surface area contributed by atoms with Crippen LogP contribution in [0.15, 0.2) is 0 Å². The minimum Gasteiger partial charge on any atom is -0.480 e. The minimum atomic E-state index is -0.772. The first-order valence-corrected chi connectivity index (χ1v) is 5.54. The van der Waals surface area contributed by atoms with Crippen LogP contribution < -0.4 is 5.32 Å². The van der Waals surface area contributed by atoms with Gasteiger partial charge in [-0.2, -0.15) is 0 Å². The maximum atomic E-state index is 11.0. The van der Waals surface area contributed by atoms with E-state index in [0.29, 0.717) is 12.5 Å². The number of carboxylic acids is 1. The molecule has 2 N–H and O–H groups in total. The molecule has 0 bridgehead atoms. The van der Waals surface area contributed by atoms with Gasteiger partial charge in [0.1, 0.15) is 6.04 Å². The summed E-state index contributed by atoms with van der Waals surface area (Å²) >= 11 is 0. The Morgan fingerprint density at radius 3 is 2.47 bits per heavy atom. The Labute approximate surface area is 91.0 Å². The first-order chi connectivity index (χ1) is 7.06. The Hall–Kier alpha value is -0.610. The molecule has 0 saturated heterocycles. The summed E-state index contributed by atoms with van der Waals surface area (Å²) < 4.78 is 5.11. The van der Waals surface area contributed by atoms with Gasteiger partial charge >= 0.3 is 5.97 Å². The Morgan fingerprint density at radius 1 is 1.53 bits per heavy atom. The molecule has 1 rings (SSSR count). The van der Waals surface area contributed by atoms with Gasteiger partial charge in [-0.1, -0.05) is 13.8 Å². The van der Waals surface area contributed by atoms with Crippen LogP contribution in [0, 0.1) is 11.8 Å². The molecule has 2 atom stereocenters. The fourth-order valence-corrected chi connectivity index (χ4v) is 1.78. The van der Waals surface area contributed by atoms with Gasteiger partial charge in [-0.05, 0) is 24.7 Å². The van der Waals surface area contributed by atoms with Gasteiger partial charge in [0.25, 0.3) is 0 Å². The van der Waals surface area contributed by atoms with Gasteiger partial charge in [0.2, 0.25) is 0 Å². The van der Waals surface area contributed by atoms with Crippen LogP contribution in [-0.2, 0) is 9.53 Å². The monoisotopic (exact) mass is 215 g/mol. The highest BCUT2D eigenvalue weighted by Crippen LogP contribution is 2.33. The molecule has 0 aromatic heterocycles. The van der Waals surface area contributed by atoms with Crippen molar-refractivity contribution in [2.45, 2.75) is 38.8 Å². The maximum absolute atomic E-state index is 11.0. The zero-order valence-corrected chi connectivity index (χ0v) is 9.69. The normalized spacial score (nSPS) is 20.3. The molecule has 1 aliphatic rings. The lowest BCUT2D eigenvalue weighted by molar-refractivity contribution is -0.141. The van der Waals surface area contributed by atoms with Crippen LogP contribution in [0.4, 0.5) is 0 Å². The van der Waals surface area contributed by atoms with Gasteiger partial charge in [0.15, 0.2) is 0 Å². The third kappa shape index (κ3) is 3.80. The van der Waals surface area contributed by atoms with Crippen LogP contribution in [0.25, 0.3) is 0 Å². The van der Waals surface area contributed by atoms with Crippen molar-refractivity contribution >= 4 is 5.97 Å². The molecular weight excluding hydrogens is 194 g/mol. The highest BCUT2D eigenvalue weighted by molar-refractivity contribution is 5.73. The Kier molecular flexibility index (Phi) is 4.54. The number of rotatable bonds is 7. The standard InChI is InChI=1S/C11H21NO3/c1-7(2)10(11(13)14)12-9(6-15-3)8-4-5-8/h7-10,12H,4-6H2,1-3H3,(H,13,14). The largest absolute Gasteiger partial charge is 0.480 e. The number of methoxy groups -OCH3 is 1. The van der Waals surface area contributed by atoms with Crippen molar-refractivity contribution < 1.29 is 14.6 Å². The summed E-state index contributed by atoms with van der Waals surface area (Å²) in [4.78, 5) is 11.0. The number of hydrogen-bond acceptors (Lipinski definition) is 3. The molecule has 88 valence electrons. The van der Waals surface area contributed by atoms with E-state index in [4.69, 9.17) is 9.84 Å². The van der Waals surface area contributed by atoms with Crippen molar-refractivity contribution in [1.29, 1.82) is 0 Å². The third-order valence-electron chi connectivity index (χ3n) is 2.86. The number of nitrogens with one attached hydrogen (secondary N) is 1. The molecule has 0 aromatic carbocycles. The summed E-state index contributed by atoms with van der Waals surface area (Å²) in [6.07, 6.45) is 2.37. The van der Waals surface area contributed by atoms with Gasteiger partial charge in [-0.15, -0.1) is 0 Å². The summed E-state index contributed by atoms with van der Waals surface area (Å²) in [5, 5.41) is 12.3. The molecule has 1 saturated carbocycles. The molecule has 0 radical (unpaired) electrons. The van der Waals surface area contributed by atoms with Crippen LogP contribution in [0.2, 0.25) is 0 Å². The van der Waals surface area contributed by atoms with Crippen molar-refractivity contribution in [3.05, 3.63) is 0 Å². The lowest BCUT2D eigenvalue weighted by atomic mass is 10.0. The summed E-state index contributed by atoms with van der Waals surface area (Å²) in [5.41, 5.74) is 0. The summed E-state index contributed by atoms with van der Waals surface area (Å²) in [7, 11) is 1.65. The summed E-state index contributed by atoms with van der Waals surface area (Å²) in [6.45, 7) is 4.44. The summed E-state index contributed by atoms with van der Waals surface area (Å²) in [5.74, 6) is -0.0714. The molecule has 1 aliphatic carbocycles. The van der Waals surface area contributed by atoms with Crippen molar-refractivity contribution in [3.8, 4) is 0 Å². The fourth-order valence-electron chi connectivity index (χ4n) is 1.78. The first kappa shape index (κ1) is 12.5. The van der Waals surface area contributed by atoms with E-state index in [-0.39, 0.29) is 12.0 Å². The van der Waals surface area contributed by atoms with Crippen LogP contribution in [0.1, 0.15) is 26.7 Å². The Morgan fingerprint density at radius 2 is 2.13 bits per heavy atom. The fraction of sp³-hybridized carbons (Fsp3) is 0.909. The van der Waals surface area contributed by atoms with Crippen LogP contribution in [0.3, 0.4) is 0 Å². The van der Waals surface area contributed by atoms with Crippen LogP contribution in [0.5, 0.6) is 0 Å². The van der Waals surface area contributed by atoms with E-state index in [0.717, 1.165) is 0 Å². The van der Waals surface area contributed by atoms with E-state index in [1.807, 2.05) is 13.8 Å². The predicted octanol–water partition coefficient (Wildman–Crippen LogP) is 1.11. The van der Waals surface area contributed by atoms with E-state index in [1.165, 1.54) is 12.8 Å². The minimum absolute atomic E-state index is 0.0978. The topological polar surface area (TPSA) is 58.6 Å². The molecule has 15 heavy (non-hydrogen) atoms. The quantitative estimate of drug-likeness (QED) is 0.668. The van der Waals surface area contributed by atoms with Crippen LogP contribution >= 0.6 is 0 Å². The number of ether oxygens (including phenoxy) is 1. The molecule has 0 aliphatic heterocycles. The molecule has 0 amide bonds. The molecule has 0 heterocycles. The average molecular weight is 215 g/mol. The lowest BCUT2D eigenvalue weighted by Gasteiger charge is -2.25. The highest BCUT2D eigenvalue weighted by atomic mass is 16.5. The third-order valence-corrected chi connectivity index (χ3v) is 2.86. The van der Waals surface area contributed by atoms with E-state index in [9.17, 15) is 4.79 Å². The Balaban J connectivity index is 2.49. The lowest BCUT2D eigenvalue weighted by Crippen LogP contribution is -2.49. The van der Waals surface area contributed by atoms with Gasteiger partial charge in [-0.3, -0.25) is 10.1 Å². The van der Waals surface area contributed by atoms with Crippen molar-refractivity contribution in [2.75, 3.05) is 13.7 Å². The molecule has 0 aromatic rings. The molecular formula is C11H21NO3. The summed E-state index contributed by atoms with van der Waals surface area (Å²) in [6, 6.07) is -0.274. The molecule has 2 unspecified atom stereocenters. The first-order valence-electron chi connectivity index (χ1n) is 5.54. The van der Waals surface area contributed by atoms with Crippen molar-refractivity contribution in [1.82, 2.24) is 5.32 Å². The smallest absolute Gasteiger partial charge is 0.320 e. The van der Waals surface area contributed by atoms with Gasteiger partial charge < -0.3 is 9.84 Å². The number of carboxylic acid groups (broad SMARTS) is 1.